The maximum absolute atomic E-state index is 4.99. The summed E-state index contributed by atoms with van der Waals surface area (Å²) in [6.45, 7) is 4.73. The molecule has 10 rings (SSSR count). The highest BCUT2D eigenvalue weighted by Crippen LogP contribution is 2.54. The molecule has 0 amide bonds. The van der Waals surface area contributed by atoms with Crippen molar-refractivity contribution in [2.75, 3.05) is 0 Å². The number of hydrogen-bond donors (Lipinski definition) is 0. The molecule has 7 aromatic carbocycles. The molecule has 0 aliphatic heterocycles. The lowest BCUT2D eigenvalue weighted by Crippen LogP contribution is -2.15. The van der Waals surface area contributed by atoms with E-state index in [1.165, 1.54) is 44.2 Å². The van der Waals surface area contributed by atoms with Gasteiger partial charge in [-0.25, -0.2) is 15.0 Å². The van der Waals surface area contributed by atoms with Gasteiger partial charge >= 0.3 is 0 Å². The molecule has 1 aliphatic rings. The molecule has 0 saturated carbocycles. The summed E-state index contributed by atoms with van der Waals surface area (Å²) in [4.78, 5) is 19.1. The van der Waals surface area contributed by atoms with Gasteiger partial charge in [-0.3, -0.25) is 4.98 Å². The Bertz CT molecular complexity index is 2840. The monoisotopic (exact) mass is 704 g/mol. The second kappa shape index (κ2) is 13.1. The van der Waals surface area contributed by atoms with Crippen molar-refractivity contribution in [3.8, 4) is 78.7 Å². The molecule has 2 aromatic heterocycles. The zero-order valence-corrected chi connectivity index (χ0v) is 30.6. The number of pyridine rings is 1. The Morgan fingerprint density at radius 3 is 1.53 bits per heavy atom. The topological polar surface area (TPSA) is 51.6 Å². The van der Waals surface area contributed by atoms with Crippen LogP contribution in [-0.4, -0.2) is 19.9 Å². The minimum atomic E-state index is -0.0880. The largest absolute Gasteiger partial charge is 0.264 e. The van der Waals surface area contributed by atoms with Crippen molar-refractivity contribution in [2.24, 2.45) is 0 Å². The highest BCUT2D eigenvalue weighted by molar-refractivity contribution is 6.01. The fraction of sp³-hybridized carbons (Fsp3) is 0.0588. The Kier molecular flexibility index (Phi) is 7.77. The van der Waals surface area contributed by atoms with E-state index >= 15 is 0 Å². The molecular weight excluding hydrogens is 669 g/mol. The van der Waals surface area contributed by atoms with Crippen molar-refractivity contribution in [2.45, 2.75) is 19.3 Å². The summed E-state index contributed by atoms with van der Waals surface area (Å²) in [6.07, 6.45) is 3.66. The Morgan fingerprint density at radius 2 is 0.909 bits per heavy atom. The molecule has 0 spiro atoms. The smallest absolute Gasteiger partial charge is 0.164 e. The Balaban J connectivity index is 0.972. The molecular formula is C51H36N4. The number of aromatic nitrogens is 4. The average molecular weight is 705 g/mol. The van der Waals surface area contributed by atoms with Crippen LogP contribution in [0.5, 0.6) is 0 Å². The van der Waals surface area contributed by atoms with Gasteiger partial charge in [0.1, 0.15) is 0 Å². The number of nitrogens with zero attached hydrogens (tertiary/aromatic N) is 4. The van der Waals surface area contributed by atoms with Crippen molar-refractivity contribution < 1.29 is 0 Å². The van der Waals surface area contributed by atoms with Gasteiger partial charge < -0.3 is 0 Å². The Hall–Kier alpha value is -7.04. The predicted molar refractivity (Wildman–Crippen MR) is 225 cm³/mol. The molecule has 0 fully saturated rings. The quantitative estimate of drug-likeness (QED) is 0.173. The van der Waals surface area contributed by atoms with Gasteiger partial charge in [0.05, 0.1) is 0 Å². The van der Waals surface area contributed by atoms with Crippen LogP contribution in [0.3, 0.4) is 0 Å². The lowest BCUT2D eigenvalue weighted by molar-refractivity contribution is 0.666. The standard InChI is InChI=1S/C51H36N4/c1-51(2)45-16-8-15-42(46(45)44-30-29-36-10-6-7-14-43(36)47(44)51)37-23-17-33(18-24-37)34-19-25-39(26-20-34)49-53-48(38-11-4-3-5-12-38)54-50(55-49)40-27-21-35(22-28-40)41-13-9-31-52-32-41/h3-32H,1-2H3. The van der Waals surface area contributed by atoms with Crippen LogP contribution in [0.4, 0.5) is 0 Å². The molecule has 4 nitrogen and oxygen atoms in total. The van der Waals surface area contributed by atoms with Crippen molar-refractivity contribution in [3.63, 3.8) is 0 Å². The molecule has 0 N–H and O–H groups in total. The third-order valence-electron chi connectivity index (χ3n) is 11.0. The van der Waals surface area contributed by atoms with Crippen LogP contribution in [0.15, 0.2) is 182 Å². The number of fused-ring (bicyclic) bond motifs is 5. The first-order valence-corrected chi connectivity index (χ1v) is 18.7. The molecule has 0 atom stereocenters. The third-order valence-corrected chi connectivity index (χ3v) is 11.0. The van der Waals surface area contributed by atoms with Gasteiger partial charge in [-0.15, -0.1) is 0 Å². The van der Waals surface area contributed by atoms with E-state index in [4.69, 9.17) is 15.0 Å². The van der Waals surface area contributed by atoms with E-state index in [1.54, 1.807) is 6.20 Å². The number of rotatable bonds is 6. The molecule has 0 unspecified atom stereocenters. The van der Waals surface area contributed by atoms with Gasteiger partial charge in [0, 0.05) is 34.5 Å². The van der Waals surface area contributed by atoms with E-state index in [1.807, 2.05) is 42.6 Å². The minimum absolute atomic E-state index is 0.0880. The van der Waals surface area contributed by atoms with E-state index < -0.39 is 0 Å². The lowest BCUT2D eigenvalue weighted by atomic mass is 9.80. The zero-order valence-electron chi connectivity index (χ0n) is 30.6. The lowest BCUT2D eigenvalue weighted by Gasteiger charge is -2.23. The summed E-state index contributed by atoms with van der Waals surface area (Å²) in [5.74, 6) is 1.91. The van der Waals surface area contributed by atoms with Crippen molar-refractivity contribution in [1.82, 2.24) is 19.9 Å². The summed E-state index contributed by atoms with van der Waals surface area (Å²) in [5, 5.41) is 2.63. The SMILES string of the molecule is CC1(C)c2cccc(-c3ccc(-c4ccc(-c5nc(-c6ccccc6)nc(-c6ccc(-c7cccnc7)cc6)n5)cc4)cc3)c2-c2ccc3ccccc3c21. The first kappa shape index (κ1) is 32.6. The van der Waals surface area contributed by atoms with Crippen LogP contribution in [-0.2, 0) is 5.41 Å². The highest BCUT2D eigenvalue weighted by Gasteiger charge is 2.38. The molecule has 260 valence electrons. The Morgan fingerprint density at radius 1 is 0.382 bits per heavy atom. The second-order valence-corrected chi connectivity index (χ2v) is 14.7. The van der Waals surface area contributed by atoms with Crippen LogP contribution in [0.25, 0.3) is 89.4 Å². The zero-order chi connectivity index (χ0) is 36.9. The highest BCUT2D eigenvalue weighted by atomic mass is 15.0. The predicted octanol–water partition coefficient (Wildman–Crippen LogP) is 12.7. The normalized spacial score (nSPS) is 12.7. The summed E-state index contributed by atoms with van der Waals surface area (Å²) >= 11 is 0. The van der Waals surface area contributed by atoms with Crippen molar-refractivity contribution in [1.29, 1.82) is 0 Å². The maximum Gasteiger partial charge on any atom is 0.164 e. The molecule has 0 saturated heterocycles. The molecule has 9 aromatic rings. The van der Waals surface area contributed by atoms with E-state index in [2.05, 4.69) is 152 Å². The summed E-state index contributed by atoms with van der Waals surface area (Å²) < 4.78 is 0. The second-order valence-electron chi connectivity index (χ2n) is 14.7. The Labute approximate surface area is 320 Å². The fourth-order valence-corrected chi connectivity index (χ4v) is 8.24. The van der Waals surface area contributed by atoms with Crippen molar-refractivity contribution >= 4 is 10.8 Å². The number of benzene rings is 7. The van der Waals surface area contributed by atoms with Crippen LogP contribution in [0, 0.1) is 0 Å². The van der Waals surface area contributed by atoms with Gasteiger partial charge in [-0.1, -0.05) is 178 Å². The molecule has 0 bridgehead atoms. The average Bonchev–Trinajstić information content (AvgIpc) is 3.50. The third kappa shape index (κ3) is 5.71. The van der Waals surface area contributed by atoms with Crippen molar-refractivity contribution in [3.05, 3.63) is 193 Å². The minimum Gasteiger partial charge on any atom is -0.264 e. The summed E-state index contributed by atoms with van der Waals surface area (Å²) in [7, 11) is 0. The fourth-order valence-electron chi connectivity index (χ4n) is 8.24. The van der Waals surface area contributed by atoms with Crippen LogP contribution >= 0.6 is 0 Å². The van der Waals surface area contributed by atoms with Gasteiger partial charge in [-0.05, 0) is 72.5 Å². The van der Waals surface area contributed by atoms with E-state index in [9.17, 15) is 0 Å². The van der Waals surface area contributed by atoms with Gasteiger partial charge in [0.15, 0.2) is 17.5 Å². The van der Waals surface area contributed by atoms with Crippen LogP contribution in [0.2, 0.25) is 0 Å². The van der Waals surface area contributed by atoms with Gasteiger partial charge in [0.25, 0.3) is 0 Å². The first-order valence-electron chi connectivity index (χ1n) is 18.7. The van der Waals surface area contributed by atoms with E-state index in [-0.39, 0.29) is 5.41 Å². The molecule has 0 radical (unpaired) electrons. The summed E-state index contributed by atoms with van der Waals surface area (Å²) in [6, 6.07) is 60.0. The van der Waals surface area contributed by atoms with E-state index in [0.29, 0.717) is 17.5 Å². The number of hydrogen-bond acceptors (Lipinski definition) is 4. The molecule has 1 aliphatic carbocycles. The van der Waals surface area contributed by atoms with E-state index in [0.717, 1.165) is 38.9 Å². The van der Waals surface area contributed by atoms with Crippen LogP contribution in [0.1, 0.15) is 25.0 Å². The molecule has 4 heteroatoms. The summed E-state index contributed by atoms with van der Waals surface area (Å²) in [5.41, 5.74) is 15.1. The van der Waals surface area contributed by atoms with Gasteiger partial charge in [-0.2, -0.15) is 0 Å². The molecule has 55 heavy (non-hydrogen) atoms. The first-order chi connectivity index (χ1) is 27.0. The van der Waals surface area contributed by atoms with Gasteiger partial charge in [0.2, 0.25) is 0 Å². The molecule has 2 heterocycles. The maximum atomic E-state index is 4.99. The van der Waals surface area contributed by atoms with Crippen LogP contribution < -0.4 is 0 Å².